The first-order valence-corrected chi connectivity index (χ1v) is 13.3. The number of nitriles is 1. The van der Waals surface area contributed by atoms with Crippen LogP contribution in [0.5, 0.6) is 5.75 Å². The van der Waals surface area contributed by atoms with E-state index < -0.39 is 0 Å². The third-order valence-corrected chi connectivity index (χ3v) is 8.31. The van der Waals surface area contributed by atoms with E-state index in [2.05, 4.69) is 6.07 Å². The molecule has 2 aliphatic rings. The Morgan fingerprint density at radius 2 is 1.75 bits per heavy atom. The average molecular weight is 557 g/mol. The van der Waals surface area contributed by atoms with E-state index in [1.54, 1.807) is 17.0 Å². The lowest BCUT2D eigenvalue weighted by atomic mass is 9.86. The third kappa shape index (κ3) is 5.16. The van der Waals surface area contributed by atoms with Crippen LogP contribution in [0.1, 0.15) is 23.5 Å². The second-order valence-corrected chi connectivity index (χ2v) is 10.6. The van der Waals surface area contributed by atoms with Gasteiger partial charge in [0.15, 0.2) is 0 Å². The maximum atomic E-state index is 13.2. The van der Waals surface area contributed by atoms with Gasteiger partial charge in [0.1, 0.15) is 12.4 Å². The highest BCUT2D eigenvalue weighted by atomic mass is 35.5. The fourth-order valence-corrected chi connectivity index (χ4v) is 5.82. The molecule has 182 valence electrons. The topological polar surface area (TPSA) is 56.6 Å². The standard InChI is InChI=1S/C27H20Cl3N3O2S/c28-19-5-1-17(2-6-19)14-35-21-8-3-18(4-9-21)22-12-26(34)33-15-32(16-36-27(33)23(22)13-31)20-7-10-24(29)25(30)11-20/h1-11,22H,12,14-16H2/t22-/m1/s1. The zero-order chi connectivity index (χ0) is 25.2. The van der Waals surface area contributed by atoms with Crippen LogP contribution in [-0.4, -0.2) is 23.4 Å². The lowest BCUT2D eigenvalue weighted by molar-refractivity contribution is -0.129. The monoisotopic (exact) mass is 555 g/mol. The molecule has 0 N–H and O–H groups in total. The summed E-state index contributed by atoms with van der Waals surface area (Å²) in [6, 6.07) is 22.9. The van der Waals surface area contributed by atoms with Crippen molar-refractivity contribution in [1.82, 2.24) is 4.90 Å². The minimum absolute atomic E-state index is 0.0191. The molecule has 0 aromatic heterocycles. The number of fused-ring (bicyclic) bond motifs is 1. The molecular formula is C27H20Cl3N3O2S. The van der Waals surface area contributed by atoms with Gasteiger partial charge >= 0.3 is 0 Å². The first-order valence-electron chi connectivity index (χ1n) is 11.2. The van der Waals surface area contributed by atoms with Crippen molar-refractivity contribution >= 4 is 58.2 Å². The number of amides is 1. The minimum atomic E-state index is -0.289. The highest BCUT2D eigenvalue weighted by Gasteiger charge is 2.38. The lowest BCUT2D eigenvalue weighted by Gasteiger charge is -2.42. The zero-order valence-electron chi connectivity index (χ0n) is 19.0. The highest BCUT2D eigenvalue weighted by Crippen LogP contribution is 2.43. The zero-order valence-corrected chi connectivity index (χ0v) is 22.0. The molecule has 0 saturated carbocycles. The number of ether oxygens (including phenoxy) is 1. The third-order valence-electron chi connectivity index (χ3n) is 6.16. The van der Waals surface area contributed by atoms with E-state index in [-0.39, 0.29) is 18.2 Å². The Labute approximate surface area is 228 Å². The predicted octanol–water partition coefficient (Wildman–Crippen LogP) is 7.45. The fraction of sp³-hybridized carbons (Fsp3) is 0.185. The second-order valence-electron chi connectivity index (χ2n) is 8.45. The minimum Gasteiger partial charge on any atom is -0.489 e. The summed E-state index contributed by atoms with van der Waals surface area (Å²) < 4.78 is 5.88. The normalized spacial score (nSPS) is 17.6. The Morgan fingerprint density at radius 3 is 2.44 bits per heavy atom. The quantitative estimate of drug-likeness (QED) is 0.327. The number of hydrogen-bond acceptors (Lipinski definition) is 5. The number of anilines is 1. The van der Waals surface area contributed by atoms with Gasteiger partial charge in [0, 0.05) is 23.0 Å². The summed E-state index contributed by atoms with van der Waals surface area (Å²) in [7, 11) is 0. The van der Waals surface area contributed by atoms with E-state index >= 15 is 0 Å². The van der Waals surface area contributed by atoms with E-state index in [1.807, 2.05) is 59.5 Å². The Hall–Kier alpha value is -2.82. The maximum Gasteiger partial charge on any atom is 0.229 e. The molecule has 2 aliphatic heterocycles. The number of rotatable bonds is 5. The van der Waals surface area contributed by atoms with Crippen LogP contribution in [-0.2, 0) is 11.4 Å². The van der Waals surface area contributed by atoms with Crippen LogP contribution in [0.15, 0.2) is 77.3 Å². The summed E-state index contributed by atoms with van der Waals surface area (Å²) in [5.74, 6) is 0.997. The van der Waals surface area contributed by atoms with Gasteiger partial charge in [0.05, 0.1) is 39.3 Å². The van der Waals surface area contributed by atoms with Crippen LogP contribution in [0.25, 0.3) is 0 Å². The number of benzene rings is 3. The largest absolute Gasteiger partial charge is 0.489 e. The molecule has 1 amide bonds. The Bertz CT molecular complexity index is 1370. The summed E-state index contributed by atoms with van der Waals surface area (Å²) in [6.07, 6.45) is 0.229. The molecule has 1 atom stereocenters. The molecule has 0 bridgehead atoms. The van der Waals surface area contributed by atoms with Gasteiger partial charge in [-0.05, 0) is 53.6 Å². The van der Waals surface area contributed by atoms with Crippen LogP contribution in [0.2, 0.25) is 15.1 Å². The van der Waals surface area contributed by atoms with Gasteiger partial charge in [-0.3, -0.25) is 9.69 Å². The van der Waals surface area contributed by atoms with Gasteiger partial charge in [0.2, 0.25) is 5.91 Å². The number of hydrogen-bond donors (Lipinski definition) is 0. The summed E-state index contributed by atoms with van der Waals surface area (Å²) >= 11 is 19.7. The van der Waals surface area contributed by atoms with Crippen molar-refractivity contribution in [2.24, 2.45) is 0 Å². The molecule has 0 radical (unpaired) electrons. The van der Waals surface area contributed by atoms with Crippen LogP contribution in [0, 0.1) is 11.3 Å². The molecule has 36 heavy (non-hydrogen) atoms. The maximum absolute atomic E-state index is 13.2. The van der Waals surface area contributed by atoms with Crippen molar-refractivity contribution in [2.75, 3.05) is 17.4 Å². The number of halogens is 3. The second kappa shape index (κ2) is 10.7. The van der Waals surface area contributed by atoms with Gasteiger partial charge in [-0.1, -0.05) is 70.8 Å². The molecule has 3 aromatic rings. The average Bonchev–Trinajstić information content (AvgIpc) is 2.90. The molecule has 5 nitrogen and oxygen atoms in total. The number of carbonyl (C=O) groups excluding carboxylic acids is 1. The predicted molar refractivity (Wildman–Crippen MR) is 145 cm³/mol. The van der Waals surface area contributed by atoms with Crippen molar-refractivity contribution in [3.63, 3.8) is 0 Å². The fourth-order valence-electron chi connectivity index (χ4n) is 4.24. The van der Waals surface area contributed by atoms with Gasteiger partial charge < -0.3 is 9.64 Å². The molecule has 0 aliphatic carbocycles. The van der Waals surface area contributed by atoms with E-state index in [1.165, 1.54) is 11.8 Å². The molecule has 0 unspecified atom stereocenters. The molecule has 0 spiro atoms. The van der Waals surface area contributed by atoms with E-state index in [0.717, 1.165) is 21.8 Å². The molecule has 5 rings (SSSR count). The van der Waals surface area contributed by atoms with Crippen molar-refractivity contribution in [1.29, 1.82) is 5.26 Å². The van der Waals surface area contributed by atoms with Gasteiger partial charge in [0.25, 0.3) is 0 Å². The van der Waals surface area contributed by atoms with Crippen LogP contribution < -0.4 is 9.64 Å². The van der Waals surface area contributed by atoms with Gasteiger partial charge in [-0.25, -0.2) is 0 Å². The molecule has 9 heteroatoms. The number of thioether (sulfide) groups is 1. The molecule has 1 fully saturated rings. The molecular weight excluding hydrogens is 537 g/mol. The summed E-state index contributed by atoms with van der Waals surface area (Å²) in [5, 5.41) is 12.4. The lowest BCUT2D eigenvalue weighted by Crippen LogP contribution is -2.47. The first kappa shape index (κ1) is 24.9. The van der Waals surface area contributed by atoms with Crippen molar-refractivity contribution in [3.05, 3.63) is 104 Å². The van der Waals surface area contributed by atoms with E-state index in [0.29, 0.717) is 45.5 Å². The van der Waals surface area contributed by atoms with Crippen molar-refractivity contribution in [3.8, 4) is 11.8 Å². The Morgan fingerprint density at radius 1 is 1.00 bits per heavy atom. The number of nitrogens with zero attached hydrogens (tertiary/aromatic N) is 3. The van der Waals surface area contributed by atoms with Crippen molar-refractivity contribution < 1.29 is 9.53 Å². The van der Waals surface area contributed by atoms with Crippen LogP contribution >= 0.6 is 46.6 Å². The Kier molecular flexibility index (Phi) is 7.36. The van der Waals surface area contributed by atoms with Crippen LogP contribution in [0.4, 0.5) is 5.69 Å². The molecule has 1 saturated heterocycles. The SMILES string of the molecule is N#CC1=C2SCN(c3ccc(Cl)c(Cl)c3)CN2C(=O)C[C@@H]1c1ccc(OCc2ccc(Cl)cc2)cc1. The van der Waals surface area contributed by atoms with Gasteiger partial charge in [-0.2, -0.15) is 5.26 Å². The number of allylic oxidation sites excluding steroid dienone is 1. The van der Waals surface area contributed by atoms with E-state index in [4.69, 9.17) is 39.5 Å². The first-order chi connectivity index (χ1) is 17.4. The van der Waals surface area contributed by atoms with Crippen molar-refractivity contribution in [2.45, 2.75) is 18.9 Å². The summed E-state index contributed by atoms with van der Waals surface area (Å²) in [4.78, 5) is 16.9. The number of carbonyl (C=O) groups is 1. The molecule has 2 heterocycles. The Balaban J connectivity index is 1.32. The smallest absolute Gasteiger partial charge is 0.229 e. The van der Waals surface area contributed by atoms with Crippen LogP contribution in [0.3, 0.4) is 0 Å². The van der Waals surface area contributed by atoms with E-state index in [9.17, 15) is 10.1 Å². The summed E-state index contributed by atoms with van der Waals surface area (Å²) in [6.45, 7) is 0.779. The highest BCUT2D eigenvalue weighted by molar-refractivity contribution is 8.03. The molecule has 3 aromatic carbocycles. The summed E-state index contributed by atoms with van der Waals surface area (Å²) in [5.41, 5.74) is 3.42. The van der Waals surface area contributed by atoms with Gasteiger partial charge in [-0.15, -0.1) is 0 Å².